The van der Waals surface area contributed by atoms with E-state index in [-0.39, 0.29) is 17.6 Å². The van der Waals surface area contributed by atoms with Gasteiger partial charge in [-0.3, -0.25) is 4.90 Å². The highest BCUT2D eigenvalue weighted by atomic mass is 79.9. The summed E-state index contributed by atoms with van der Waals surface area (Å²) in [5, 5.41) is 12.2. The molecule has 2 N–H and O–H groups in total. The van der Waals surface area contributed by atoms with E-state index < -0.39 is 11.7 Å². The highest BCUT2D eigenvalue weighted by molar-refractivity contribution is 9.10. The van der Waals surface area contributed by atoms with Gasteiger partial charge in [0.2, 0.25) is 0 Å². The first-order chi connectivity index (χ1) is 11.9. The summed E-state index contributed by atoms with van der Waals surface area (Å²) in [6.45, 7) is 1.84. The fourth-order valence-corrected chi connectivity index (χ4v) is 3.98. The molecule has 2 atom stereocenters. The van der Waals surface area contributed by atoms with Crippen LogP contribution in [-0.4, -0.2) is 22.8 Å². The molecular weight excluding hydrogens is 388 g/mol. The zero-order valence-electron chi connectivity index (χ0n) is 13.3. The number of aromatic carboxylic acids is 1. The number of urea groups is 1. The van der Waals surface area contributed by atoms with Gasteiger partial charge >= 0.3 is 12.0 Å². The average Bonchev–Trinajstić information content (AvgIpc) is 2.55. The van der Waals surface area contributed by atoms with Crippen LogP contribution in [0, 0.1) is 0 Å². The van der Waals surface area contributed by atoms with Crippen LogP contribution in [-0.2, 0) is 0 Å². The average molecular weight is 403 g/mol. The lowest BCUT2D eigenvalue weighted by Crippen LogP contribution is -2.65. The van der Waals surface area contributed by atoms with Crippen molar-refractivity contribution in [2.24, 2.45) is 0 Å². The van der Waals surface area contributed by atoms with Gasteiger partial charge in [-0.15, -0.1) is 0 Å². The Balaban J connectivity index is 1.81. The Hall–Kier alpha value is -2.54. The van der Waals surface area contributed by atoms with Crippen LogP contribution in [0.3, 0.4) is 0 Å². The molecule has 2 aromatic rings. The van der Waals surface area contributed by atoms with E-state index in [1.165, 1.54) is 17.0 Å². The van der Waals surface area contributed by atoms with E-state index in [0.29, 0.717) is 17.9 Å². The molecule has 0 spiro atoms. The maximum atomic E-state index is 12.8. The molecule has 4 rings (SSSR count). The molecule has 0 saturated carbocycles. The Morgan fingerprint density at radius 3 is 2.88 bits per heavy atom. The molecule has 2 aliphatic rings. The van der Waals surface area contributed by atoms with Crippen molar-refractivity contribution in [2.45, 2.75) is 25.1 Å². The molecule has 2 aliphatic heterocycles. The van der Waals surface area contributed by atoms with E-state index in [0.717, 1.165) is 10.0 Å². The number of halogens is 1. The van der Waals surface area contributed by atoms with Crippen LogP contribution in [0.5, 0.6) is 5.75 Å². The summed E-state index contributed by atoms with van der Waals surface area (Å²) in [6.07, 6.45) is 0.555. The van der Waals surface area contributed by atoms with E-state index in [4.69, 9.17) is 4.74 Å². The number of para-hydroxylation sites is 1. The summed E-state index contributed by atoms with van der Waals surface area (Å²) in [4.78, 5) is 25.5. The number of carboxylic acids is 1. The Morgan fingerprint density at radius 1 is 1.36 bits per heavy atom. The maximum Gasteiger partial charge on any atom is 0.335 e. The predicted octanol–water partition coefficient (Wildman–Crippen LogP) is 3.92. The molecule has 2 unspecified atom stereocenters. The SMILES string of the molecule is CC12CC(NC(=O)N1c1cccc(C(=O)O)c1)c1cccc(Br)c1O2. The first kappa shape index (κ1) is 16.0. The smallest absolute Gasteiger partial charge is 0.335 e. The predicted molar refractivity (Wildman–Crippen MR) is 94.9 cm³/mol. The molecule has 2 bridgehead atoms. The number of benzene rings is 2. The first-order valence-corrected chi connectivity index (χ1v) is 8.60. The summed E-state index contributed by atoms with van der Waals surface area (Å²) in [5.74, 6) is -0.347. The van der Waals surface area contributed by atoms with Crippen LogP contribution >= 0.6 is 15.9 Å². The Bertz CT molecular complexity index is 900. The molecule has 128 valence electrons. The number of ether oxygens (including phenoxy) is 1. The van der Waals surface area contributed by atoms with Gasteiger partial charge in [-0.25, -0.2) is 9.59 Å². The molecule has 2 amide bonds. The Kier molecular flexibility index (Phi) is 3.50. The second kappa shape index (κ2) is 5.49. The highest BCUT2D eigenvalue weighted by Crippen LogP contribution is 2.48. The fraction of sp³-hybridized carbons (Fsp3) is 0.222. The minimum atomic E-state index is -1.04. The maximum absolute atomic E-state index is 12.8. The number of nitrogens with one attached hydrogen (secondary N) is 1. The second-order valence-electron chi connectivity index (χ2n) is 6.33. The van der Waals surface area contributed by atoms with Crippen LogP contribution in [0.25, 0.3) is 0 Å². The standard InChI is InChI=1S/C18H15BrN2O4/c1-18-9-14(12-6-3-7-13(19)15(12)25-18)20-17(24)21(18)11-5-2-4-10(8-11)16(22)23/h2-8,14H,9H2,1H3,(H,20,24)(H,22,23). The minimum absolute atomic E-state index is 0.119. The van der Waals surface area contributed by atoms with Crippen molar-refractivity contribution in [3.63, 3.8) is 0 Å². The van der Waals surface area contributed by atoms with Crippen molar-refractivity contribution < 1.29 is 19.4 Å². The van der Waals surface area contributed by atoms with Crippen LogP contribution < -0.4 is 15.0 Å². The van der Waals surface area contributed by atoms with Gasteiger partial charge in [0.15, 0.2) is 5.72 Å². The number of anilines is 1. The van der Waals surface area contributed by atoms with Crippen molar-refractivity contribution in [3.8, 4) is 5.75 Å². The summed E-state index contributed by atoms with van der Waals surface area (Å²) in [5.41, 5.74) is 0.613. The molecule has 25 heavy (non-hydrogen) atoms. The lowest BCUT2D eigenvalue weighted by molar-refractivity contribution is 0.0369. The quantitative estimate of drug-likeness (QED) is 0.797. The van der Waals surface area contributed by atoms with Crippen molar-refractivity contribution in [1.82, 2.24) is 5.32 Å². The van der Waals surface area contributed by atoms with Crippen LogP contribution in [0.4, 0.5) is 10.5 Å². The number of amides is 2. The van der Waals surface area contributed by atoms with E-state index in [1.54, 1.807) is 12.1 Å². The van der Waals surface area contributed by atoms with Gasteiger partial charge in [0.1, 0.15) is 5.75 Å². The normalized spacial score (nSPS) is 24.2. The summed E-state index contributed by atoms with van der Waals surface area (Å²) >= 11 is 3.50. The summed E-state index contributed by atoms with van der Waals surface area (Å²) in [7, 11) is 0. The topological polar surface area (TPSA) is 78.9 Å². The molecule has 0 aromatic heterocycles. The molecule has 6 nitrogen and oxygen atoms in total. The molecule has 0 radical (unpaired) electrons. The van der Waals surface area contributed by atoms with Crippen LogP contribution in [0.15, 0.2) is 46.9 Å². The number of carboxylic acid groups (broad SMARTS) is 1. The fourth-order valence-electron chi connectivity index (χ4n) is 3.52. The molecule has 1 fully saturated rings. The first-order valence-electron chi connectivity index (χ1n) is 7.80. The third-order valence-electron chi connectivity index (χ3n) is 4.60. The van der Waals surface area contributed by atoms with Gasteiger partial charge in [0.05, 0.1) is 21.8 Å². The third-order valence-corrected chi connectivity index (χ3v) is 5.23. The van der Waals surface area contributed by atoms with E-state index in [9.17, 15) is 14.7 Å². The number of fused-ring (bicyclic) bond motifs is 4. The lowest BCUT2D eigenvalue weighted by atomic mass is 9.90. The molecule has 0 aliphatic carbocycles. The van der Waals surface area contributed by atoms with Crippen molar-refractivity contribution in [2.75, 3.05) is 4.90 Å². The van der Waals surface area contributed by atoms with Gasteiger partial charge in [0, 0.05) is 12.0 Å². The van der Waals surface area contributed by atoms with Gasteiger partial charge < -0.3 is 15.2 Å². The van der Waals surface area contributed by atoms with Gasteiger partial charge in [0.25, 0.3) is 0 Å². The number of rotatable bonds is 2. The molecule has 1 saturated heterocycles. The van der Waals surface area contributed by atoms with Crippen molar-refractivity contribution in [1.29, 1.82) is 0 Å². The van der Waals surface area contributed by atoms with Gasteiger partial charge in [-0.1, -0.05) is 18.2 Å². The number of nitrogens with zero attached hydrogens (tertiary/aromatic N) is 1. The van der Waals surface area contributed by atoms with Crippen LogP contribution in [0.1, 0.15) is 35.3 Å². The van der Waals surface area contributed by atoms with Gasteiger partial charge in [-0.2, -0.15) is 0 Å². The lowest BCUT2D eigenvalue weighted by Gasteiger charge is -2.50. The second-order valence-corrected chi connectivity index (χ2v) is 7.19. The monoisotopic (exact) mass is 402 g/mol. The minimum Gasteiger partial charge on any atom is -0.478 e. The largest absolute Gasteiger partial charge is 0.478 e. The van der Waals surface area contributed by atoms with E-state index in [1.807, 2.05) is 25.1 Å². The molecular formula is C18H15BrN2O4. The number of hydrogen-bond acceptors (Lipinski definition) is 3. The number of hydrogen-bond donors (Lipinski definition) is 2. The Morgan fingerprint density at radius 2 is 2.12 bits per heavy atom. The zero-order chi connectivity index (χ0) is 17.8. The number of carbonyl (C=O) groups excluding carboxylic acids is 1. The molecule has 7 heteroatoms. The highest BCUT2D eigenvalue weighted by Gasteiger charge is 2.50. The summed E-state index contributed by atoms with van der Waals surface area (Å²) < 4.78 is 7.05. The van der Waals surface area contributed by atoms with Crippen molar-refractivity contribution in [3.05, 3.63) is 58.1 Å². The molecule has 2 heterocycles. The van der Waals surface area contributed by atoms with Crippen molar-refractivity contribution >= 4 is 33.6 Å². The zero-order valence-corrected chi connectivity index (χ0v) is 14.9. The molecule has 2 aromatic carbocycles. The number of carbonyl (C=O) groups is 2. The third kappa shape index (κ3) is 2.46. The Labute approximate surface area is 152 Å². The van der Waals surface area contributed by atoms with E-state index >= 15 is 0 Å². The van der Waals surface area contributed by atoms with E-state index in [2.05, 4.69) is 21.2 Å². The van der Waals surface area contributed by atoms with Crippen LogP contribution in [0.2, 0.25) is 0 Å². The van der Waals surface area contributed by atoms with Gasteiger partial charge in [-0.05, 0) is 47.1 Å². The summed E-state index contributed by atoms with van der Waals surface area (Å²) in [6, 6.07) is 11.6.